The molecule has 0 spiro atoms. The molecule has 1 aromatic carbocycles. The Morgan fingerprint density at radius 2 is 1.94 bits per heavy atom. The Morgan fingerprint density at radius 1 is 1.12 bits per heavy atom. The minimum Gasteiger partial charge on any atom is -0.334 e. The second-order valence-electron chi connectivity index (χ2n) is 10.6. The third-order valence-electron chi connectivity index (χ3n) is 7.75. The molecular formula is C28H29N5O. The Hall–Kier alpha value is -3.46. The average molecular weight is 452 g/mol. The van der Waals surface area contributed by atoms with Gasteiger partial charge in [-0.15, -0.1) is 0 Å². The van der Waals surface area contributed by atoms with E-state index in [0.717, 1.165) is 46.6 Å². The highest BCUT2D eigenvalue weighted by Crippen LogP contribution is 2.40. The van der Waals surface area contributed by atoms with Gasteiger partial charge in [0.15, 0.2) is 0 Å². The maximum Gasteiger partial charge on any atom is 0.254 e. The summed E-state index contributed by atoms with van der Waals surface area (Å²) in [7, 11) is 0. The van der Waals surface area contributed by atoms with Crippen molar-refractivity contribution in [2.45, 2.75) is 58.5 Å². The van der Waals surface area contributed by atoms with Crippen molar-refractivity contribution in [2.75, 3.05) is 6.54 Å². The Kier molecular flexibility index (Phi) is 5.02. The molecule has 0 N–H and O–H groups in total. The van der Waals surface area contributed by atoms with E-state index in [1.54, 1.807) is 6.07 Å². The molecule has 0 saturated heterocycles. The summed E-state index contributed by atoms with van der Waals surface area (Å²) < 4.78 is 2.05. The number of amides is 1. The fraction of sp³-hybridized carbons (Fsp3) is 0.429. The van der Waals surface area contributed by atoms with Crippen molar-refractivity contribution in [1.82, 2.24) is 19.7 Å². The average Bonchev–Trinajstić information content (AvgIpc) is 3.22. The number of benzene rings is 1. The van der Waals surface area contributed by atoms with Gasteiger partial charge in [0.1, 0.15) is 11.8 Å². The van der Waals surface area contributed by atoms with Gasteiger partial charge in [-0.05, 0) is 60.8 Å². The van der Waals surface area contributed by atoms with Crippen molar-refractivity contribution in [3.63, 3.8) is 0 Å². The molecule has 2 aromatic heterocycles. The Bertz CT molecular complexity index is 1310. The lowest BCUT2D eigenvalue weighted by molar-refractivity contribution is 0.0771. The number of nitrogens with zero attached hydrogens (tertiary/aromatic N) is 5. The van der Waals surface area contributed by atoms with E-state index in [9.17, 15) is 10.1 Å². The number of rotatable bonds is 6. The molecule has 172 valence electrons. The van der Waals surface area contributed by atoms with Gasteiger partial charge in [0.2, 0.25) is 0 Å². The summed E-state index contributed by atoms with van der Waals surface area (Å²) in [6, 6.07) is 11.9. The van der Waals surface area contributed by atoms with Crippen LogP contribution in [0.5, 0.6) is 0 Å². The SMILES string of the molecule is CC1(Cn2cc(-c3ccc(C#N)nc3-c3ccc4c(c3)C(=O)N(CC3CC3)C4)cn2)CCCC1. The van der Waals surface area contributed by atoms with Crippen LogP contribution in [0.3, 0.4) is 0 Å². The van der Waals surface area contributed by atoms with Crippen LogP contribution in [0.1, 0.15) is 67.1 Å². The van der Waals surface area contributed by atoms with Crippen LogP contribution in [-0.4, -0.2) is 32.1 Å². The molecule has 3 heterocycles. The Morgan fingerprint density at radius 3 is 2.71 bits per heavy atom. The molecule has 0 bridgehead atoms. The van der Waals surface area contributed by atoms with Crippen LogP contribution in [0.25, 0.3) is 22.4 Å². The Balaban J connectivity index is 1.34. The lowest BCUT2D eigenvalue weighted by atomic mass is 9.89. The predicted molar refractivity (Wildman–Crippen MR) is 130 cm³/mol. The summed E-state index contributed by atoms with van der Waals surface area (Å²) in [5.74, 6) is 0.778. The van der Waals surface area contributed by atoms with Gasteiger partial charge < -0.3 is 4.90 Å². The molecule has 2 fully saturated rings. The molecule has 0 atom stereocenters. The van der Waals surface area contributed by atoms with Gasteiger partial charge in [0.05, 0.1) is 11.9 Å². The van der Waals surface area contributed by atoms with Gasteiger partial charge in [0, 0.05) is 48.1 Å². The molecule has 1 aliphatic heterocycles. The maximum atomic E-state index is 13.1. The minimum atomic E-state index is 0.111. The third kappa shape index (κ3) is 3.90. The van der Waals surface area contributed by atoms with E-state index in [1.165, 1.54) is 38.5 Å². The second-order valence-corrected chi connectivity index (χ2v) is 10.6. The van der Waals surface area contributed by atoms with E-state index in [-0.39, 0.29) is 5.91 Å². The first-order valence-corrected chi connectivity index (χ1v) is 12.4. The highest BCUT2D eigenvalue weighted by molar-refractivity contribution is 6.00. The second kappa shape index (κ2) is 8.09. The number of pyridine rings is 1. The zero-order valence-electron chi connectivity index (χ0n) is 19.6. The fourth-order valence-corrected chi connectivity index (χ4v) is 5.61. The van der Waals surface area contributed by atoms with Crippen molar-refractivity contribution >= 4 is 5.91 Å². The number of aromatic nitrogens is 3. The fourth-order valence-electron chi connectivity index (χ4n) is 5.61. The smallest absolute Gasteiger partial charge is 0.254 e. The van der Waals surface area contributed by atoms with Crippen LogP contribution < -0.4 is 0 Å². The van der Waals surface area contributed by atoms with Gasteiger partial charge in [-0.1, -0.05) is 31.9 Å². The zero-order valence-corrected chi connectivity index (χ0v) is 19.6. The molecule has 2 aliphatic carbocycles. The normalized spacial score (nSPS) is 18.8. The largest absolute Gasteiger partial charge is 0.334 e. The van der Waals surface area contributed by atoms with Gasteiger partial charge in [-0.3, -0.25) is 9.48 Å². The molecule has 2 saturated carbocycles. The monoisotopic (exact) mass is 451 g/mol. The van der Waals surface area contributed by atoms with Crippen molar-refractivity contribution in [1.29, 1.82) is 5.26 Å². The Labute approximate surface area is 200 Å². The van der Waals surface area contributed by atoms with E-state index in [2.05, 4.69) is 29.3 Å². The van der Waals surface area contributed by atoms with Crippen molar-refractivity contribution in [3.05, 3.63) is 59.5 Å². The van der Waals surface area contributed by atoms with Gasteiger partial charge >= 0.3 is 0 Å². The quantitative estimate of drug-likeness (QED) is 0.501. The molecular weight excluding hydrogens is 422 g/mol. The number of carbonyl (C=O) groups is 1. The van der Waals surface area contributed by atoms with Crippen LogP contribution in [-0.2, 0) is 13.1 Å². The zero-order chi connectivity index (χ0) is 23.3. The van der Waals surface area contributed by atoms with Crippen LogP contribution in [0.4, 0.5) is 0 Å². The molecule has 1 amide bonds. The summed E-state index contributed by atoms with van der Waals surface area (Å²) in [6.07, 6.45) is 11.5. The topological polar surface area (TPSA) is 74.8 Å². The molecule has 0 unspecified atom stereocenters. The number of carbonyl (C=O) groups excluding carboxylic acids is 1. The molecule has 3 aromatic rings. The lowest BCUT2D eigenvalue weighted by Crippen LogP contribution is -2.26. The summed E-state index contributed by atoms with van der Waals surface area (Å²) in [5, 5.41) is 14.1. The number of nitriles is 1. The first-order valence-electron chi connectivity index (χ1n) is 12.4. The molecule has 3 aliphatic rings. The van der Waals surface area contributed by atoms with E-state index in [1.807, 2.05) is 40.0 Å². The molecule has 34 heavy (non-hydrogen) atoms. The lowest BCUT2D eigenvalue weighted by Gasteiger charge is -2.22. The van der Waals surface area contributed by atoms with E-state index in [4.69, 9.17) is 0 Å². The van der Waals surface area contributed by atoms with Crippen molar-refractivity contribution in [3.8, 4) is 28.5 Å². The van der Waals surface area contributed by atoms with Crippen LogP contribution in [0.15, 0.2) is 42.7 Å². The van der Waals surface area contributed by atoms with Gasteiger partial charge in [-0.25, -0.2) is 4.98 Å². The number of hydrogen-bond acceptors (Lipinski definition) is 4. The third-order valence-corrected chi connectivity index (χ3v) is 7.75. The number of fused-ring (bicyclic) bond motifs is 1. The summed E-state index contributed by atoms with van der Waals surface area (Å²) >= 11 is 0. The summed E-state index contributed by atoms with van der Waals surface area (Å²) in [6.45, 7) is 4.81. The van der Waals surface area contributed by atoms with Crippen LogP contribution >= 0.6 is 0 Å². The maximum absolute atomic E-state index is 13.1. The standard InChI is InChI=1S/C28H29N5O/c1-28(10-2-3-11-28)18-33-17-22(14-30-33)24-9-8-23(13-29)31-26(24)20-6-7-21-16-32(15-19-4-5-19)27(34)25(21)12-20/h6-9,12,14,17,19H,2-5,10-11,15-16,18H2,1H3. The molecule has 6 heteroatoms. The van der Waals surface area contributed by atoms with Crippen LogP contribution in [0.2, 0.25) is 0 Å². The highest BCUT2D eigenvalue weighted by Gasteiger charge is 2.33. The first-order chi connectivity index (χ1) is 16.5. The molecule has 6 rings (SSSR count). The summed E-state index contributed by atoms with van der Waals surface area (Å²) in [5.41, 5.74) is 6.01. The predicted octanol–water partition coefficient (Wildman–Crippen LogP) is 5.43. The van der Waals surface area contributed by atoms with Crippen molar-refractivity contribution < 1.29 is 4.79 Å². The summed E-state index contributed by atoms with van der Waals surface area (Å²) in [4.78, 5) is 19.7. The van der Waals surface area contributed by atoms with E-state index in [0.29, 0.717) is 23.6 Å². The van der Waals surface area contributed by atoms with E-state index < -0.39 is 0 Å². The highest BCUT2D eigenvalue weighted by atomic mass is 16.2. The molecule has 6 nitrogen and oxygen atoms in total. The van der Waals surface area contributed by atoms with Crippen LogP contribution in [0, 0.1) is 22.7 Å². The van der Waals surface area contributed by atoms with E-state index >= 15 is 0 Å². The van der Waals surface area contributed by atoms with Gasteiger partial charge in [0.25, 0.3) is 5.91 Å². The first kappa shape index (κ1) is 21.1. The van der Waals surface area contributed by atoms with Crippen molar-refractivity contribution in [2.24, 2.45) is 11.3 Å². The molecule has 0 radical (unpaired) electrons. The van der Waals surface area contributed by atoms with Gasteiger partial charge in [-0.2, -0.15) is 10.4 Å². The number of hydrogen-bond donors (Lipinski definition) is 0. The minimum absolute atomic E-state index is 0.111.